The average Bonchev–Trinajstić information content (AvgIpc) is 3.06. The first-order valence-electron chi connectivity index (χ1n) is 8.90. The van der Waals surface area contributed by atoms with E-state index < -0.39 is 0 Å². The van der Waals surface area contributed by atoms with Crippen LogP contribution in [0.25, 0.3) is 0 Å². The molecule has 23 heavy (non-hydrogen) atoms. The molecule has 1 saturated carbocycles. The van der Waals surface area contributed by atoms with Gasteiger partial charge in [-0.05, 0) is 37.1 Å². The molecule has 2 unspecified atom stereocenters. The summed E-state index contributed by atoms with van der Waals surface area (Å²) in [4.78, 5) is 17.7. The van der Waals surface area contributed by atoms with Crippen LogP contribution >= 0.6 is 11.6 Å². The van der Waals surface area contributed by atoms with Crippen LogP contribution in [0.1, 0.15) is 61.7 Å². The highest BCUT2D eigenvalue weighted by Crippen LogP contribution is 2.49. The summed E-state index contributed by atoms with van der Waals surface area (Å²) < 4.78 is 0. The third-order valence-electron chi connectivity index (χ3n) is 5.92. The van der Waals surface area contributed by atoms with Gasteiger partial charge in [0.15, 0.2) is 0 Å². The van der Waals surface area contributed by atoms with Gasteiger partial charge in [-0.15, -0.1) is 0 Å². The van der Waals surface area contributed by atoms with Crippen LogP contribution in [0.3, 0.4) is 0 Å². The number of fused-ring (bicyclic) bond motifs is 3. The van der Waals surface area contributed by atoms with Crippen LogP contribution in [0.4, 0.5) is 0 Å². The largest absolute Gasteiger partial charge is 0.299 e. The summed E-state index contributed by atoms with van der Waals surface area (Å²) in [6.07, 6.45) is 6.53. The number of rotatable bonds is 3. The van der Waals surface area contributed by atoms with Crippen LogP contribution in [0, 0.1) is 5.92 Å². The maximum absolute atomic E-state index is 12.9. The third kappa shape index (κ3) is 2.73. The number of halogens is 1. The zero-order chi connectivity index (χ0) is 16.0. The SMILES string of the molecule is CN1CC2c3cccc(Cl)c3C(CC(=O)C3CCCCC3)N2C1. The van der Waals surface area contributed by atoms with Crippen LogP contribution < -0.4 is 0 Å². The first-order chi connectivity index (χ1) is 11.1. The number of hydrogen-bond donors (Lipinski definition) is 0. The summed E-state index contributed by atoms with van der Waals surface area (Å²) in [6, 6.07) is 6.79. The monoisotopic (exact) mass is 332 g/mol. The number of carbonyl (C=O) groups excluding carboxylic acids is 1. The van der Waals surface area contributed by atoms with Crippen molar-refractivity contribution in [3.63, 3.8) is 0 Å². The molecule has 4 rings (SSSR count). The zero-order valence-electron chi connectivity index (χ0n) is 13.8. The predicted molar refractivity (Wildman–Crippen MR) is 92.5 cm³/mol. The van der Waals surface area contributed by atoms with Crippen molar-refractivity contribution in [1.82, 2.24) is 9.80 Å². The molecule has 124 valence electrons. The summed E-state index contributed by atoms with van der Waals surface area (Å²) in [5.41, 5.74) is 2.56. The Hall–Kier alpha value is -0.900. The minimum absolute atomic E-state index is 0.170. The maximum Gasteiger partial charge on any atom is 0.137 e. The van der Waals surface area contributed by atoms with Gasteiger partial charge in [0.2, 0.25) is 0 Å². The molecule has 0 aromatic heterocycles. The molecule has 3 nitrogen and oxygen atoms in total. The van der Waals surface area contributed by atoms with Crippen LogP contribution in [0.2, 0.25) is 5.02 Å². The van der Waals surface area contributed by atoms with Crippen molar-refractivity contribution in [2.24, 2.45) is 5.92 Å². The van der Waals surface area contributed by atoms with E-state index in [1.165, 1.54) is 30.4 Å². The fraction of sp³-hybridized carbons (Fsp3) is 0.632. The molecule has 2 atom stereocenters. The Bertz CT molecular complexity index is 611. The van der Waals surface area contributed by atoms with E-state index in [-0.39, 0.29) is 12.0 Å². The molecule has 1 aromatic rings. The summed E-state index contributed by atoms with van der Waals surface area (Å²) >= 11 is 6.53. The zero-order valence-corrected chi connectivity index (χ0v) is 14.6. The molecule has 2 heterocycles. The number of likely N-dealkylation sites (N-methyl/N-ethyl adjacent to an activating group) is 1. The van der Waals surface area contributed by atoms with Gasteiger partial charge in [0, 0.05) is 36.0 Å². The van der Waals surface area contributed by atoms with Crippen LogP contribution in [0.15, 0.2) is 18.2 Å². The molecular weight excluding hydrogens is 308 g/mol. The van der Waals surface area contributed by atoms with Crippen molar-refractivity contribution >= 4 is 17.4 Å². The molecule has 0 N–H and O–H groups in total. The molecular formula is C19H25ClN2O. The Morgan fingerprint density at radius 2 is 2.04 bits per heavy atom. The number of carbonyl (C=O) groups is 1. The lowest BCUT2D eigenvalue weighted by Gasteiger charge is -2.27. The van der Waals surface area contributed by atoms with Crippen molar-refractivity contribution in [2.45, 2.75) is 50.6 Å². The molecule has 1 saturated heterocycles. The predicted octanol–water partition coefficient (Wildman–Crippen LogP) is 4.18. The van der Waals surface area contributed by atoms with Gasteiger partial charge in [0.05, 0.1) is 6.67 Å². The van der Waals surface area contributed by atoms with Crippen molar-refractivity contribution in [1.29, 1.82) is 0 Å². The Labute approximate surface area is 143 Å². The summed E-state index contributed by atoms with van der Waals surface area (Å²) in [7, 11) is 2.16. The highest BCUT2D eigenvalue weighted by molar-refractivity contribution is 6.31. The molecule has 2 aliphatic heterocycles. The summed E-state index contributed by atoms with van der Waals surface area (Å²) in [5, 5.41) is 0.834. The van der Waals surface area contributed by atoms with E-state index in [1.807, 2.05) is 12.1 Å². The quantitative estimate of drug-likeness (QED) is 0.829. The molecule has 4 heteroatoms. The fourth-order valence-corrected chi connectivity index (χ4v) is 5.10. The Morgan fingerprint density at radius 3 is 2.83 bits per heavy atom. The van der Waals surface area contributed by atoms with Gasteiger partial charge in [0.1, 0.15) is 5.78 Å². The van der Waals surface area contributed by atoms with E-state index in [1.54, 1.807) is 0 Å². The van der Waals surface area contributed by atoms with Crippen molar-refractivity contribution in [3.05, 3.63) is 34.3 Å². The van der Waals surface area contributed by atoms with Gasteiger partial charge in [-0.1, -0.05) is 43.0 Å². The van der Waals surface area contributed by atoms with E-state index in [9.17, 15) is 4.79 Å². The van der Waals surface area contributed by atoms with Crippen molar-refractivity contribution < 1.29 is 4.79 Å². The molecule has 0 amide bonds. The average molecular weight is 333 g/mol. The number of nitrogens with zero attached hydrogens (tertiary/aromatic N) is 2. The second-order valence-electron chi connectivity index (χ2n) is 7.47. The normalized spacial score (nSPS) is 28.8. The van der Waals surface area contributed by atoms with E-state index in [4.69, 9.17) is 11.6 Å². The lowest BCUT2D eigenvalue weighted by atomic mass is 9.83. The topological polar surface area (TPSA) is 23.6 Å². The number of hydrogen-bond acceptors (Lipinski definition) is 3. The first kappa shape index (κ1) is 15.6. The van der Waals surface area contributed by atoms with E-state index in [0.29, 0.717) is 18.2 Å². The number of Topliss-reactive ketones (excluding diaryl/α,β-unsaturated/α-hetero) is 1. The second kappa shape index (κ2) is 6.19. The molecule has 3 aliphatic rings. The molecule has 2 fully saturated rings. The van der Waals surface area contributed by atoms with Gasteiger partial charge in [-0.25, -0.2) is 0 Å². The van der Waals surface area contributed by atoms with E-state index in [2.05, 4.69) is 22.9 Å². The summed E-state index contributed by atoms with van der Waals surface area (Å²) in [5.74, 6) is 0.741. The first-order valence-corrected chi connectivity index (χ1v) is 9.28. The van der Waals surface area contributed by atoms with E-state index >= 15 is 0 Å². The third-order valence-corrected chi connectivity index (χ3v) is 6.25. The Kier molecular flexibility index (Phi) is 4.21. The fourth-order valence-electron chi connectivity index (χ4n) is 4.79. The lowest BCUT2D eigenvalue weighted by Crippen LogP contribution is -2.29. The lowest BCUT2D eigenvalue weighted by molar-refractivity contribution is -0.125. The van der Waals surface area contributed by atoms with Gasteiger partial charge in [-0.2, -0.15) is 0 Å². The highest BCUT2D eigenvalue weighted by atomic mass is 35.5. The molecule has 1 aromatic carbocycles. The standard InChI is InChI=1S/C19H25ClN2O/c1-21-11-17-14-8-5-9-15(20)19(14)16(22(17)12-21)10-18(23)13-6-3-2-4-7-13/h5,8-9,13,16-17H,2-4,6-7,10-12H2,1H3. The molecule has 0 radical (unpaired) electrons. The van der Waals surface area contributed by atoms with Crippen LogP contribution in [-0.4, -0.2) is 35.8 Å². The van der Waals surface area contributed by atoms with Crippen molar-refractivity contribution in [3.8, 4) is 0 Å². The van der Waals surface area contributed by atoms with Gasteiger partial charge < -0.3 is 0 Å². The molecule has 1 aliphatic carbocycles. The van der Waals surface area contributed by atoms with Gasteiger partial charge >= 0.3 is 0 Å². The van der Waals surface area contributed by atoms with Crippen LogP contribution in [0.5, 0.6) is 0 Å². The van der Waals surface area contributed by atoms with Gasteiger partial charge in [0.25, 0.3) is 0 Å². The van der Waals surface area contributed by atoms with Gasteiger partial charge in [-0.3, -0.25) is 14.6 Å². The number of ketones is 1. The minimum atomic E-state index is 0.170. The maximum atomic E-state index is 12.9. The molecule has 0 spiro atoms. The Balaban J connectivity index is 1.61. The molecule has 0 bridgehead atoms. The Morgan fingerprint density at radius 1 is 1.26 bits per heavy atom. The minimum Gasteiger partial charge on any atom is -0.299 e. The second-order valence-corrected chi connectivity index (χ2v) is 7.88. The number of benzene rings is 1. The smallest absolute Gasteiger partial charge is 0.137 e. The van der Waals surface area contributed by atoms with Crippen LogP contribution in [-0.2, 0) is 4.79 Å². The van der Waals surface area contributed by atoms with Crippen molar-refractivity contribution in [2.75, 3.05) is 20.3 Å². The summed E-state index contributed by atoms with van der Waals surface area (Å²) in [6.45, 7) is 1.96. The van der Waals surface area contributed by atoms with E-state index in [0.717, 1.165) is 31.1 Å². The highest BCUT2D eigenvalue weighted by Gasteiger charge is 2.45.